The molecule has 4 aromatic heterocycles. The third-order valence-corrected chi connectivity index (χ3v) is 7.21. The molecule has 6 rings (SSSR count). The van der Waals surface area contributed by atoms with Gasteiger partial charge in [0.25, 0.3) is 5.91 Å². The van der Waals surface area contributed by atoms with E-state index < -0.39 is 0 Å². The Morgan fingerprint density at radius 1 is 0.971 bits per heavy atom. The number of anilines is 2. The van der Waals surface area contributed by atoms with Crippen LogP contribution in [0.15, 0.2) is 55.2 Å². The first kappa shape index (κ1) is 21.7. The molecule has 1 amide bonds. The lowest BCUT2D eigenvalue weighted by molar-refractivity contribution is 0.00121. The summed E-state index contributed by atoms with van der Waals surface area (Å²) in [7, 11) is 4.06. The molecule has 2 saturated heterocycles. The molecular formula is C26H28N8O. The molecule has 0 aliphatic carbocycles. The second kappa shape index (κ2) is 8.42. The summed E-state index contributed by atoms with van der Waals surface area (Å²) in [5.41, 5.74) is 2.82. The SMILES string of the molecule is CN1CC2(CCN(c3cc(C(=O)Nc4cc5cc(-c6cnn(C)c6)ncc5cn4)ccn3)CC2)C1. The van der Waals surface area contributed by atoms with E-state index in [1.807, 2.05) is 31.4 Å². The summed E-state index contributed by atoms with van der Waals surface area (Å²) in [6.45, 7) is 4.33. The molecule has 9 nitrogen and oxygen atoms in total. The molecule has 0 atom stereocenters. The Hall–Kier alpha value is -3.85. The highest BCUT2D eigenvalue weighted by molar-refractivity contribution is 6.05. The Kier molecular flexibility index (Phi) is 5.21. The van der Waals surface area contributed by atoms with Crippen molar-refractivity contribution in [1.82, 2.24) is 29.6 Å². The van der Waals surface area contributed by atoms with Crippen molar-refractivity contribution in [1.29, 1.82) is 0 Å². The minimum Gasteiger partial charge on any atom is -0.357 e. The number of hydrogen-bond acceptors (Lipinski definition) is 7. The lowest BCUT2D eigenvalue weighted by atomic mass is 9.72. The number of hydrogen-bond donors (Lipinski definition) is 1. The van der Waals surface area contributed by atoms with Crippen LogP contribution in [0.1, 0.15) is 23.2 Å². The highest BCUT2D eigenvalue weighted by Gasteiger charge is 2.43. The number of carbonyl (C=O) groups excluding carboxylic acids is 1. The fraction of sp³-hybridized carbons (Fsp3) is 0.346. The summed E-state index contributed by atoms with van der Waals surface area (Å²) in [5, 5.41) is 9.01. The average molecular weight is 469 g/mol. The summed E-state index contributed by atoms with van der Waals surface area (Å²) < 4.78 is 1.75. The third-order valence-electron chi connectivity index (χ3n) is 7.21. The number of pyridine rings is 3. The molecule has 6 heterocycles. The van der Waals surface area contributed by atoms with Crippen molar-refractivity contribution < 1.29 is 4.79 Å². The molecule has 0 radical (unpaired) electrons. The van der Waals surface area contributed by atoms with Gasteiger partial charge in [-0.25, -0.2) is 9.97 Å². The van der Waals surface area contributed by atoms with Crippen molar-refractivity contribution >= 4 is 28.3 Å². The van der Waals surface area contributed by atoms with Gasteiger partial charge in [0.15, 0.2) is 0 Å². The predicted octanol–water partition coefficient (Wildman–Crippen LogP) is 3.21. The fourth-order valence-corrected chi connectivity index (χ4v) is 5.36. The zero-order chi connectivity index (χ0) is 24.0. The van der Waals surface area contributed by atoms with Crippen molar-refractivity contribution in [3.63, 3.8) is 0 Å². The number of rotatable bonds is 4. The molecule has 2 aliphatic rings. The van der Waals surface area contributed by atoms with Crippen LogP contribution >= 0.6 is 0 Å². The normalized spacial score (nSPS) is 17.5. The first-order chi connectivity index (χ1) is 17.0. The van der Waals surface area contributed by atoms with E-state index in [4.69, 9.17) is 0 Å². The largest absolute Gasteiger partial charge is 0.357 e. The van der Waals surface area contributed by atoms with E-state index in [1.165, 1.54) is 25.9 Å². The van der Waals surface area contributed by atoms with E-state index in [-0.39, 0.29) is 5.91 Å². The second-order valence-corrected chi connectivity index (χ2v) is 9.91. The van der Waals surface area contributed by atoms with E-state index in [1.54, 1.807) is 35.5 Å². The topological polar surface area (TPSA) is 92.1 Å². The summed E-state index contributed by atoms with van der Waals surface area (Å²) >= 11 is 0. The highest BCUT2D eigenvalue weighted by Crippen LogP contribution is 2.40. The van der Waals surface area contributed by atoms with Crippen LogP contribution in [0.25, 0.3) is 22.0 Å². The maximum atomic E-state index is 13.0. The number of aryl methyl sites for hydroxylation is 1. The van der Waals surface area contributed by atoms with Crippen molar-refractivity contribution in [3.05, 3.63) is 60.8 Å². The van der Waals surface area contributed by atoms with Gasteiger partial charge in [0.2, 0.25) is 0 Å². The van der Waals surface area contributed by atoms with Gasteiger partial charge < -0.3 is 15.1 Å². The monoisotopic (exact) mass is 468 g/mol. The predicted molar refractivity (Wildman–Crippen MR) is 135 cm³/mol. The first-order valence-corrected chi connectivity index (χ1v) is 11.9. The fourth-order valence-electron chi connectivity index (χ4n) is 5.36. The van der Waals surface area contributed by atoms with Crippen LogP contribution in [0.4, 0.5) is 11.6 Å². The van der Waals surface area contributed by atoms with Crippen LogP contribution < -0.4 is 10.2 Å². The summed E-state index contributed by atoms with van der Waals surface area (Å²) in [6, 6.07) is 7.48. The Bertz CT molecular complexity index is 1400. The standard InChI is InChI=1S/C26H28N8O/c1-32-16-26(17-32)4-7-34(8-5-26)24-11-18(3-6-27-24)25(35)31-23-10-19-9-22(21-14-30-33(2)15-21)28-12-20(19)13-29-23/h3,6,9-15H,4-5,7-8,16-17H2,1-2H3,(H,29,31,35). The van der Waals surface area contributed by atoms with E-state index in [2.05, 4.69) is 42.2 Å². The average Bonchev–Trinajstić information content (AvgIpc) is 3.29. The van der Waals surface area contributed by atoms with Crippen molar-refractivity contribution in [2.45, 2.75) is 12.8 Å². The van der Waals surface area contributed by atoms with Crippen LogP contribution in [0.5, 0.6) is 0 Å². The lowest BCUT2D eigenvalue weighted by Crippen LogP contribution is -2.58. The number of amides is 1. The molecule has 178 valence electrons. The van der Waals surface area contributed by atoms with E-state index in [9.17, 15) is 4.79 Å². The summed E-state index contributed by atoms with van der Waals surface area (Å²) in [5.74, 6) is 1.16. The zero-order valence-electron chi connectivity index (χ0n) is 20.0. The number of piperidine rings is 1. The molecule has 9 heteroatoms. The summed E-state index contributed by atoms with van der Waals surface area (Å²) in [6.07, 6.45) is 11.3. The smallest absolute Gasteiger partial charge is 0.257 e. The highest BCUT2D eigenvalue weighted by atomic mass is 16.1. The lowest BCUT2D eigenvalue weighted by Gasteiger charge is -2.53. The van der Waals surface area contributed by atoms with Crippen molar-refractivity contribution in [3.8, 4) is 11.3 Å². The van der Waals surface area contributed by atoms with Gasteiger partial charge in [0.1, 0.15) is 11.6 Å². The minimum absolute atomic E-state index is 0.198. The van der Waals surface area contributed by atoms with Crippen molar-refractivity contribution in [2.24, 2.45) is 12.5 Å². The molecule has 0 unspecified atom stereocenters. The van der Waals surface area contributed by atoms with Gasteiger partial charge in [-0.15, -0.1) is 0 Å². The van der Waals surface area contributed by atoms with E-state index in [0.29, 0.717) is 16.8 Å². The van der Waals surface area contributed by atoms with Gasteiger partial charge in [-0.05, 0) is 55.0 Å². The zero-order valence-corrected chi connectivity index (χ0v) is 20.0. The van der Waals surface area contributed by atoms with Crippen molar-refractivity contribution in [2.75, 3.05) is 43.4 Å². The van der Waals surface area contributed by atoms with Gasteiger partial charge >= 0.3 is 0 Å². The van der Waals surface area contributed by atoms with E-state index >= 15 is 0 Å². The molecule has 0 saturated carbocycles. The number of aromatic nitrogens is 5. The molecule has 4 aromatic rings. The molecule has 2 aliphatic heterocycles. The van der Waals surface area contributed by atoms with Crippen LogP contribution in [-0.2, 0) is 7.05 Å². The molecular weight excluding hydrogens is 440 g/mol. The Balaban J connectivity index is 1.17. The maximum Gasteiger partial charge on any atom is 0.257 e. The number of fused-ring (bicyclic) bond motifs is 1. The molecule has 1 N–H and O–H groups in total. The molecule has 2 fully saturated rings. The maximum absolute atomic E-state index is 13.0. The minimum atomic E-state index is -0.198. The van der Waals surface area contributed by atoms with Gasteiger partial charge in [-0.3, -0.25) is 14.5 Å². The Morgan fingerprint density at radius 2 is 1.77 bits per heavy atom. The van der Waals surface area contributed by atoms with Crippen LogP contribution in [0, 0.1) is 5.41 Å². The molecule has 35 heavy (non-hydrogen) atoms. The number of nitrogens with one attached hydrogen (secondary N) is 1. The summed E-state index contributed by atoms with van der Waals surface area (Å²) in [4.78, 5) is 31.2. The first-order valence-electron chi connectivity index (χ1n) is 11.9. The van der Waals surface area contributed by atoms with Crippen LogP contribution in [0.2, 0.25) is 0 Å². The van der Waals surface area contributed by atoms with Crippen LogP contribution in [-0.4, -0.2) is 68.8 Å². The van der Waals surface area contributed by atoms with Gasteiger partial charge in [-0.2, -0.15) is 5.10 Å². The van der Waals surface area contributed by atoms with Crippen LogP contribution in [0.3, 0.4) is 0 Å². The molecule has 1 spiro atoms. The number of nitrogens with zero attached hydrogens (tertiary/aromatic N) is 7. The van der Waals surface area contributed by atoms with Gasteiger partial charge in [0, 0.05) is 74.5 Å². The van der Waals surface area contributed by atoms with E-state index in [0.717, 1.165) is 40.9 Å². The third kappa shape index (κ3) is 4.23. The number of likely N-dealkylation sites (tertiary alicyclic amines) is 1. The number of carbonyl (C=O) groups is 1. The Morgan fingerprint density at radius 3 is 2.51 bits per heavy atom. The van der Waals surface area contributed by atoms with Gasteiger partial charge in [0.05, 0.1) is 11.9 Å². The molecule has 0 aromatic carbocycles. The quantitative estimate of drug-likeness (QED) is 0.492. The Labute approximate surface area is 203 Å². The second-order valence-electron chi connectivity index (χ2n) is 9.91. The molecule has 0 bridgehead atoms. The van der Waals surface area contributed by atoms with Gasteiger partial charge in [-0.1, -0.05) is 0 Å².